The van der Waals surface area contributed by atoms with E-state index in [4.69, 9.17) is 0 Å². The van der Waals surface area contributed by atoms with E-state index in [2.05, 4.69) is 10.6 Å². The number of carbonyl (C=O) groups excluding carboxylic acids is 3. The number of hydrogen-bond acceptors (Lipinski definition) is 5. The number of fused-ring (bicyclic) bond motifs is 1. The van der Waals surface area contributed by atoms with E-state index >= 15 is 0 Å². The second-order valence-corrected chi connectivity index (χ2v) is 9.90. The van der Waals surface area contributed by atoms with Crippen LogP contribution in [0.25, 0.3) is 0 Å². The first-order chi connectivity index (χ1) is 16.8. The predicted molar refractivity (Wildman–Crippen MR) is 134 cm³/mol. The van der Waals surface area contributed by atoms with Gasteiger partial charge in [0.1, 0.15) is 6.54 Å². The van der Waals surface area contributed by atoms with Crippen molar-refractivity contribution in [1.29, 1.82) is 0 Å². The standard InChI is InChI=1S/C25H24N4O5S/c1-28(19-9-3-2-4-10-19)35(33,34)20-11-7-8-18(16-20)26-23(30)14-15-25(32)29-17-24(31)27-21-12-5-6-13-22(21)29/h2-13,16H,14-15,17H2,1H3,(H,26,30)(H,27,31). The minimum Gasteiger partial charge on any atom is -0.326 e. The summed E-state index contributed by atoms with van der Waals surface area (Å²) in [6, 6.07) is 21.5. The second-order valence-electron chi connectivity index (χ2n) is 7.93. The first-order valence-electron chi connectivity index (χ1n) is 10.9. The minimum absolute atomic E-state index is 0.0219. The summed E-state index contributed by atoms with van der Waals surface area (Å²) < 4.78 is 27.2. The van der Waals surface area contributed by atoms with E-state index in [1.807, 2.05) is 0 Å². The molecule has 10 heteroatoms. The molecule has 0 saturated carbocycles. The van der Waals surface area contributed by atoms with E-state index in [1.54, 1.807) is 60.7 Å². The SMILES string of the molecule is CN(c1ccccc1)S(=O)(=O)c1cccc(NC(=O)CCC(=O)N2CC(=O)Nc3ccccc32)c1. The summed E-state index contributed by atoms with van der Waals surface area (Å²) in [5.74, 6) is -1.11. The fraction of sp³-hybridized carbons (Fsp3) is 0.160. The molecule has 0 aliphatic carbocycles. The molecule has 0 fully saturated rings. The van der Waals surface area contributed by atoms with Gasteiger partial charge in [-0.2, -0.15) is 0 Å². The highest BCUT2D eigenvalue weighted by Crippen LogP contribution is 2.29. The van der Waals surface area contributed by atoms with Gasteiger partial charge in [0.15, 0.2) is 0 Å². The number of sulfonamides is 1. The maximum Gasteiger partial charge on any atom is 0.264 e. The Labute approximate surface area is 203 Å². The quantitative estimate of drug-likeness (QED) is 0.525. The summed E-state index contributed by atoms with van der Waals surface area (Å²) in [5, 5.41) is 5.36. The number of benzene rings is 3. The number of amides is 3. The summed E-state index contributed by atoms with van der Waals surface area (Å²) in [7, 11) is -2.38. The lowest BCUT2D eigenvalue weighted by atomic mass is 10.1. The highest BCUT2D eigenvalue weighted by Gasteiger charge is 2.27. The van der Waals surface area contributed by atoms with Gasteiger partial charge in [-0.05, 0) is 42.5 Å². The molecule has 180 valence electrons. The Morgan fingerprint density at radius 2 is 1.69 bits per heavy atom. The maximum atomic E-state index is 13.0. The zero-order chi connectivity index (χ0) is 25.0. The lowest BCUT2D eigenvalue weighted by Gasteiger charge is -2.29. The number of para-hydroxylation sites is 3. The van der Waals surface area contributed by atoms with Crippen LogP contribution in [0.4, 0.5) is 22.7 Å². The van der Waals surface area contributed by atoms with Crippen LogP contribution >= 0.6 is 0 Å². The topological polar surface area (TPSA) is 116 Å². The third-order valence-electron chi connectivity index (χ3n) is 5.53. The first kappa shape index (κ1) is 24.0. The van der Waals surface area contributed by atoms with Crippen LogP contribution in [0.5, 0.6) is 0 Å². The highest BCUT2D eigenvalue weighted by atomic mass is 32.2. The smallest absolute Gasteiger partial charge is 0.264 e. The zero-order valence-electron chi connectivity index (χ0n) is 19.0. The Hall–Kier alpha value is -4.18. The normalized spacial score (nSPS) is 12.9. The van der Waals surface area contributed by atoms with Gasteiger partial charge in [-0.25, -0.2) is 8.42 Å². The van der Waals surface area contributed by atoms with Gasteiger partial charge >= 0.3 is 0 Å². The number of rotatable bonds is 7. The molecule has 0 bridgehead atoms. The number of anilines is 4. The molecule has 0 spiro atoms. The van der Waals surface area contributed by atoms with Crippen molar-refractivity contribution < 1.29 is 22.8 Å². The summed E-state index contributed by atoms with van der Waals surface area (Å²) in [4.78, 5) is 38.6. The molecule has 0 saturated heterocycles. The van der Waals surface area contributed by atoms with Gasteiger partial charge in [-0.1, -0.05) is 36.4 Å². The van der Waals surface area contributed by atoms with Gasteiger partial charge in [0.25, 0.3) is 10.0 Å². The monoisotopic (exact) mass is 492 g/mol. The van der Waals surface area contributed by atoms with E-state index in [0.29, 0.717) is 22.7 Å². The van der Waals surface area contributed by atoms with Gasteiger partial charge in [-0.15, -0.1) is 0 Å². The van der Waals surface area contributed by atoms with Crippen LogP contribution in [0, 0.1) is 0 Å². The Morgan fingerprint density at radius 1 is 0.971 bits per heavy atom. The molecule has 35 heavy (non-hydrogen) atoms. The number of nitrogens with one attached hydrogen (secondary N) is 2. The molecule has 0 aromatic heterocycles. The highest BCUT2D eigenvalue weighted by molar-refractivity contribution is 7.92. The number of nitrogens with zero attached hydrogens (tertiary/aromatic N) is 2. The molecular formula is C25H24N4O5S. The van der Waals surface area contributed by atoms with Crippen molar-refractivity contribution in [3.05, 3.63) is 78.9 Å². The minimum atomic E-state index is -3.84. The van der Waals surface area contributed by atoms with Crippen molar-refractivity contribution in [1.82, 2.24) is 0 Å². The van der Waals surface area contributed by atoms with E-state index in [-0.39, 0.29) is 36.1 Å². The van der Waals surface area contributed by atoms with Crippen molar-refractivity contribution in [2.45, 2.75) is 17.7 Å². The molecule has 0 unspecified atom stereocenters. The van der Waals surface area contributed by atoms with Crippen LogP contribution in [0.3, 0.4) is 0 Å². The third-order valence-corrected chi connectivity index (χ3v) is 7.32. The summed E-state index contributed by atoms with van der Waals surface area (Å²) in [5.41, 5.74) is 1.93. The summed E-state index contributed by atoms with van der Waals surface area (Å²) >= 11 is 0. The first-order valence-corrected chi connectivity index (χ1v) is 12.3. The Morgan fingerprint density at radius 3 is 2.46 bits per heavy atom. The molecule has 4 rings (SSSR count). The molecule has 0 radical (unpaired) electrons. The fourth-order valence-electron chi connectivity index (χ4n) is 3.70. The van der Waals surface area contributed by atoms with Crippen LogP contribution in [-0.4, -0.2) is 39.7 Å². The summed E-state index contributed by atoms with van der Waals surface area (Å²) in [6.45, 7) is -0.119. The number of carbonyl (C=O) groups is 3. The van der Waals surface area contributed by atoms with Gasteiger partial charge in [0.2, 0.25) is 17.7 Å². The van der Waals surface area contributed by atoms with Gasteiger partial charge in [-0.3, -0.25) is 18.7 Å². The van der Waals surface area contributed by atoms with Crippen molar-refractivity contribution in [2.75, 3.05) is 33.4 Å². The summed E-state index contributed by atoms with van der Waals surface area (Å²) in [6.07, 6.45) is -0.234. The third kappa shape index (κ3) is 5.33. The largest absolute Gasteiger partial charge is 0.326 e. The van der Waals surface area contributed by atoms with Crippen molar-refractivity contribution in [2.24, 2.45) is 0 Å². The molecule has 1 heterocycles. The average molecular weight is 493 g/mol. The molecule has 3 aromatic rings. The fourth-order valence-corrected chi connectivity index (χ4v) is 4.95. The van der Waals surface area contributed by atoms with Gasteiger partial charge < -0.3 is 15.5 Å². The van der Waals surface area contributed by atoms with Gasteiger partial charge in [0.05, 0.1) is 22.0 Å². The molecule has 3 aromatic carbocycles. The molecule has 3 amide bonds. The Kier molecular flexibility index (Phi) is 6.83. The Balaban J connectivity index is 1.40. The molecule has 9 nitrogen and oxygen atoms in total. The molecule has 2 N–H and O–H groups in total. The molecule has 0 atom stereocenters. The van der Waals surface area contributed by atoms with Crippen LogP contribution in [-0.2, 0) is 24.4 Å². The van der Waals surface area contributed by atoms with E-state index < -0.39 is 15.9 Å². The van der Waals surface area contributed by atoms with E-state index in [1.165, 1.54) is 34.5 Å². The maximum absolute atomic E-state index is 13.0. The van der Waals surface area contributed by atoms with Crippen molar-refractivity contribution >= 4 is 50.5 Å². The molecule has 1 aliphatic rings. The van der Waals surface area contributed by atoms with Crippen molar-refractivity contribution in [3.63, 3.8) is 0 Å². The lowest BCUT2D eigenvalue weighted by Crippen LogP contribution is -2.42. The van der Waals surface area contributed by atoms with Crippen molar-refractivity contribution in [3.8, 4) is 0 Å². The number of hydrogen-bond donors (Lipinski definition) is 2. The molecule has 1 aliphatic heterocycles. The second kappa shape index (κ2) is 9.98. The van der Waals surface area contributed by atoms with E-state index in [9.17, 15) is 22.8 Å². The zero-order valence-corrected chi connectivity index (χ0v) is 19.8. The molecular weight excluding hydrogens is 468 g/mol. The average Bonchev–Trinajstić information content (AvgIpc) is 2.87. The predicted octanol–water partition coefficient (Wildman–Crippen LogP) is 3.22. The van der Waals surface area contributed by atoms with Gasteiger partial charge in [0, 0.05) is 25.6 Å². The van der Waals surface area contributed by atoms with Crippen LogP contribution in [0.1, 0.15) is 12.8 Å². The van der Waals surface area contributed by atoms with Crippen LogP contribution < -0.4 is 19.8 Å². The van der Waals surface area contributed by atoms with E-state index in [0.717, 1.165) is 0 Å². The van der Waals surface area contributed by atoms with Crippen LogP contribution in [0.2, 0.25) is 0 Å². The lowest BCUT2D eigenvalue weighted by molar-refractivity contribution is -0.124. The Bertz CT molecular complexity index is 1380. The van der Waals surface area contributed by atoms with Crippen LogP contribution in [0.15, 0.2) is 83.8 Å².